The molecule has 0 saturated heterocycles. The molecule has 0 bridgehead atoms. The number of benzene rings is 2. The number of nitrogens with zero attached hydrogens (tertiary/aromatic N) is 1. The Hall–Kier alpha value is -2.22. The summed E-state index contributed by atoms with van der Waals surface area (Å²) in [4.78, 5) is 0. The molecule has 2 aromatic carbocycles. The first-order valence-corrected chi connectivity index (χ1v) is 7.04. The van der Waals surface area contributed by atoms with E-state index < -0.39 is 0 Å². The summed E-state index contributed by atoms with van der Waals surface area (Å²) in [5.74, 6) is 0.920. The number of aromatic nitrogens is 1. The van der Waals surface area contributed by atoms with Crippen LogP contribution in [0.5, 0.6) is 5.75 Å². The van der Waals surface area contributed by atoms with Gasteiger partial charge < -0.3 is 9.30 Å². The van der Waals surface area contributed by atoms with E-state index in [4.69, 9.17) is 4.74 Å². The standard InChI is InChI=1S/C18H19NO/c1-3-19-16(12-15-6-4-5-7-18(15)19)13-20-17-10-8-14(2)9-11-17/h4-12H,3,13H2,1-2H3. The van der Waals surface area contributed by atoms with Crippen LogP contribution in [0.3, 0.4) is 0 Å². The van der Waals surface area contributed by atoms with Gasteiger partial charge in [0.15, 0.2) is 0 Å². The predicted molar refractivity (Wildman–Crippen MR) is 83.1 cm³/mol. The molecule has 0 unspecified atom stereocenters. The van der Waals surface area contributed by atoms with E-state index >= 15 is 0 Å². The van der Waals surface area contributed by atoms with E-state index in [2.05, 4.69) is 60.9 Å². The summed E-state index contributed by atoms with van der Waals surface area (Å²) in [5.41, 5.74) is 3.74. The molecule has 1 heterocycles. The van der Waals surface area contributed by atoms with E-state index in [9.17, 15) is 0 Å². The number of rotatable bonds is 4. The van der Waals surface area contributed by atoms with Gasteiger partial charge in [-0.05, 0) is 43.5 Å². The molecule has 0 aliphatic carbocycles. The largest absolute Gasteiger partial charge is 0.487 e. The molecule has 3 aromatic rings. The lowest BCUT2D eigenvalue weighted by atomic mass is 10.2. The normalized spacial score (nSPS) is 10.9. The maximum Gasteiger partial charge on any atom is 0.128 e. The van der Waals surface area contributed by atoms with Crippen molar-refractivity contribution in [2.45, 2.75) is 27.0 Å². The van der Waals surface area contributed by atoms with E-state index in [1.807, 2.05) is 12.1 Å². The molecule has 3 rings (SSSR count). The lowest BCUT2D eigenvalue weighted by Gasteiger charge is -2.10. The van der Waals surface area contributed by atoms with Crippen LogP contribution in [0.15, 0.2) is 54.6 Å². The van der Waals surface area contributed by atoms with Crippen molar-refractivity contribution in [1.82, 2.24) is 4.57 Å². The highest BCUT2D eigenvalue weighted by molar-refractivity contribution is 5.81. The molecule has 0 atom stereocenters. The smallest absolute Gasteiger partial charge is 0.128 e. The third-order valence-corrected chi connectivity index (χ3v) is 3.62. The zero-order valence-electron chi connectivity index (χ0n) is 12.0. The lowest BCUT2D eigenvalue weighted by Crippen LogP contribution is -2.04. The van der Waals surface area contributed by atoms with Crippen LogP contribution in [0.2, 0.25) is 0 Å². The maximum absolute atomic E-state index is 5.90. The van der Waals surface area contributed by atoms with Crippen molar-refractivity contribution in [3.63, 3.8) is 0 Å². The molecule has 20 heavy (non-hydrogen) atoms. The highest BCUT2D eigenvalue weighted by Gasteiger charge is 2.07. The minimum atomic E-state index is 0.603. The van der Waals surface area contributed by atoms with Gasteiger partial charge in [0.1, 0.15) is 12.4 Å². The summed E-state index contributed by atoms with van der Waals surface area (Å²) in [7, 11) is 0. The van der Waals surface area contributed by atoms with Crippen LogP contribution in [-0.2, 0) is 13.2 Å². The fraction of sp³-hybridized carbons (Fsp3) is 0.222. The van der Waals surface area contributed by atoms with Crippen LogP contribution in [0.1, 0.15) is 18.2 Å². The van der Waals surface area contributed by atoms with Crippen LogP contribution >= 0.6 is 0 Å². The van der Waals surface area contributed by atoms with Crippen LogP contribution in [0, 0.1) is 6.92 Å². The number of fused-ring (bicyclic) bond motifs is 1. The van der Waals surface area contributed by atoms with Gasteiger partial charge in [-0.1, -0.05) is 35.9 Å². The monoisotopic (exact) mass is 265 g/mol. The highest BCUT2D eigenvalue weighted by Crippen LogP contribution is 2.21. The summed E-state index contributed by atoms with van der Waals surface area (Å²) >= 11 is 0. The quantitative estimate of drug-likeness (QED) is 0.675. The van der Waals surface area contributed by atoms with Gasteiger partial charge in [-0.2, -0.15) is 0 Å². The topological polar surface area (TPSA) is 14.2 Å². The average molecular weight is 265 g/mol. The molecular formula is C18H19NO. The number of aryl methyl sites for hydroxylation is 2. The van der Waals surface area contributed by atoms with Crippen LogP contribution in [-0.4, -0.2) is 4.57 Å². The second-order valence-electron chi connectivity index (χ2n) is 5.04. The van der Waals surface area contributed by atoms with Gasteiger partial charge in [0.25, 0.3) is 0 Å². The molecule has 0 aliphatic heterocycles. The molecule has 0 spiro atoms. The molecule has 0 fully saturated rings. The SMILES string of the molecule is CCn1c(COc2ccc(C)cc2)cc2ccccc21. The molecule has 0 radical (unpaired) electrons. The lowest BCUT2D eigenvalue weighted by molar-refractivity contribution is 0.296. The first-order valence-electron chi connectivity index (χ1n) is 7.04. The first kappa shape index (κ1) is 12.8. The maximum atomic E-state index is 5.90. The van der Waals surface area contributed by atoms with Gasteiger partial charge in [-0.15, -0.1) is 0 Å². The zero-order valence-corrected chi connectivity index (χ0v) is 12.0. The fourth-order valence-corrected chi connectivity index (χ4v) is 2.55. The van der Waals surface area contributed by atoms with Gasteiger partial charge in [-0.3, -0.25) is 0 Å². The van der Waals surface area contributed by atoms with Crippen LogP contribution in [0.4, 0.5) is 0 Å². The zero-order chi connectivity index (χ0) is 13.9. The van der Waals surface area contributed by atoms with Gasteiger partial charge in [0.05, 0.1) is 5.69 Å². The van der Waals surface area contributed by atoms with E-state index in [1.54, 1.807) is 0 Å². The van der Waals surface area contributed by atoms with Crippen molar-refractivity contribution in [3.8, 4) is 5.75 Å². The van der Waals surface area contributed by atoms with E-state index in [-0.39, 0.29) is 0 Å². The summed E-state index contributed by atoms with van der Waals surface area (Å²) in [6, 6.07) is 18.9. The third-order valence-electron chi connectivity index (χ3n) is 3.62. The van der Waals surface area contributed by atoms with Crippen molar-refractivity contribution < 1.29 is 4.74 Å². The predicted octanol–water partition coefficient (Wildman–Crippen LogP) is 4.55. The molecule has 102 valence electrons. The summed E-state index contributed by atoms with van der Waals surface area (Å²) in [6.45, 7) is 5.81. The van der Waals surface area contributed by atoms with Crippen molar-refractivity contribution in [1.29, 1.82) is 0 Å². The number of ether oxygens (including phenoxy) is 1. The average Bonchev–Trinajstić information content (AvgIpc) is 2.84. The first-order chi connectivity index (χ1) is 9.78. The van der Waals surface area contributed by atoms with E-state index in [1.165, 1.54) is 22.2 Å². The summed E-state index contributed by atoms with van der Waals surface area (Å²) < 4.78 is 8.21. The van der Waals surface area contributed by atoms with Gasteiger partial charge in [0, 0.05) is 12.1 Å². The second kappa shape index (κ2) is 5.41. The molecule has 0 aliphatic rings. The van der Waals surface area contributed by atoms with E-state index in [0.29, 0.717) is 6.61 Å². The Labute approximate surface area is 119 Å². The Morgan fingerprint density at radius 1 is 1.00 bits per heavy atom. The third kappa shape index (κ3) is 2.42. The molecule has 0 saturated carbocycles. The molecule has 0 N–H and O–H groups in total. The van der Waals surface area contributed by atoms with Gasteiger partial charge in [0.2, 0.25) is 0 Å². The molecular weight excluding hydrogens is 246 g/mol. The summed E-state index contributed by atoms with van der Waals surface area (Å²) in [5, 5.41) is 1.27. The minimum absolute atomic E-state index is 0.603. The van der Waals surface area contributed by atoms with Crippen LogP contribution in [0.25, 0.3) is 10.9 Å². The van der Waals surface area contributed by atoms with Crippen molar-refractivity contribution >= 4 is 10.9 Å². The number of hydrogen-bond acceptors (Lipinski definition) is 1. The van der Waals surface area contributed by atoms with Crippen LogP contribution < -0.4 is 4.74 Å². The Morgan fingerprint density at radius 2 is 1.75 bits per heavy atom. The minimum Gasteiger partial charge on any atom is -0.487 e. The summed E-state index contributed by atoms with van der Waals surface area (Å²) in [6.07, 6.45) is 0. The molecule has 1 aromatic heterocycles. The Balaban J connectivity index is 1.85. The number of para-hydroxylation sites is 1. The molecule has 2 nitrogen and oxygen atoms in total. The van der Waals surface area contributed by atoms with Gasteiger partial charge >= 0.3 is 0 Å². The van der Waals surface area contributed by atoms with E-state index in [0.717, 1.165) is 12.3 Å². The van der Waals surface area contributed by atoms with Crippen molar-refractivity contribution in [3.05, 3.63) is 65.9 Å². The molecule has 0 amide bonds. The van der Waals surface area contributed by atoms with Gasteiger partial charge in [-0.25, -0.2) is 0 Å². The second-order valence-corrected chi connectivity index (χ2v) is 5.04. The fourth-order valence-electron chi connectivity index (χ4n) is 2.55. The Morgan fingerprint density at radius 3 is 2.50 bits per heavy atom. The van der Waals surface area contributed by atoms with Crippen molar-refractivity contribution in [2.75, 3.05) is 0 Å². The Kier molecular flexibility index (Phi) is 3.46. The highest BCUT2D eigenvalue weighted by atomic mass is 16.5. The Bertz CT molecular complexity index is 710. The molecule has 2 heteroatoms. The number of hydrogen-bond donors (Lipinski definition) is 0. The van der Waals surface area contributed by atoms with Crippen molar-refractivity contribution in [2.24, 2.45) is 0 Å².